The zero-order valence-corrected chi connectivity index (χ0v) is 18.3. The number of hydrogen-bond acceptors (Lipinski definition) is 8. The summed E-state index contributed by atoms with van der Waals surface area (Å²) in [6.07, 6.45) is 1.48. The first-order valence-electron chi connectivity index (χ1n) is 9.43. The van der Waals surface area contributed by atoms with E-state index in [9.17, 15) is 5.26 Å². The van der Waals surface area contributed by atoms with E-state index in [1.54, 1.807) is 32.4 Å². The fourth-order valence-corrected chi connectivity index (χ4v) is 3.56. The maximum atomic E-state index is 9.71. The molecule has 0 radical (unpaired) electrons. The van der Waals surface area contributed by atoms with Crippen molar-refractivity contribution in [1.82, 2.24) is 4.98 Å². The van der Waals surface area contributed by atoms with Crippen LogP contribution in [-0.4, -0.2) is 39.7 Å². The lowest BCUT2D eigenvalue weighted by Crippen LogP contribution is -2.01. The molecule has 1 N–H and O–H groups in total. The van der Waals surface area contributed by atoms with E-state index >= 15 is 0 Å². The number of nitrogens with one attached hydrogen (secondary N) is 1. The van der Waals surface area contributed by atoms with Gasteiger partial charge in [-0.15, -0.1) is 0 Å². The minimum Gasteiger partial charge on any atom is -0.493 e. The number of halogens is 1. The monoisotopic (exact) mass is 451 g/mol. The Hall–Kier alpha value is -3.85. The molecule has 0 aliphatic carbocycles. The van der Waals surface area contributed by atoms with Crippen LogP contribution in [0.3, 0.4) is 0 Å². The van der Waals surface area contributed by atoms with E-state index in [4.69, 9.17) is 35.3 Å². The van der Waals surface area contributed by atoms with E-state index in [1.807, 2.05) is 0 Å². The minimum absolute atomic E-state index is 0.0243. The van der Waals surface area contributed by atoms with Crippen molar-refractivity contribution in [3.63, 3.8) is 0 Å². The second-order valence-corrected chi connectivity index (χ2v) is 7.00. The Balaban J connectivity index is 1.88. The topological polar surface area (TPSA) is 94.9 Å². The van der Waals surface area contributed by atoms with Gasteiger partial charge in [-0.3, -0.25) is 4.98 Å². The van der Waals surface area contributed by atoms with Crippen LogP contribution >= 0.6 is 11.6 Å². The van der Waals surface area contributed by atoms with Crippen molar-refractivity contribution in [2.24, 2.45) is 0 Å². The largest absolute Gasteiger partial charge is 0.493 e. The van der Waals surface area contributed by atoms with Crippen LogP contribution in [0.2, 0.25) is 5.02 Å². The van der Waals surface area contributed by atoms with Gasteiger partial charge in [-0.25, -0.2) is 0 Å². The van der Waals surface area contributed by atoms with Crippen LogP contribution in [0, 0.1) is 23.2 Å². The Morgan fingerprint density at radius 3 is 2.53 bits per heavy atom. The molecule has 162 valence electrons. The lowest BCUT2D eigenvalue weighted by atomic mass is 10.1. The standard InChI is InChI=1S/C23H18ClN3O5/c1-28-6-4-5-13-7-16(24)21(23-22(13)31-12-32-23)27-20-14(10-25)11-26-17-9-19(30-3)18(29-2)8-15(17)20/h7-9,11H,6,12H2,1-3H3,(H,26,27). The lowest BCUT2D eigenvalue weighted by molar-refractivity contribution is 0.174. The Morgan fingerprint density at radius 1 is 1.06 bits per heavy atom. The maximum Gasteiger partial charge on any atom is 0.231 e. The SMILES string of the molecule is COCC#Cc1cc(Cl)c(Nc2c(C#N)cnc3cc(OC)c(OC)cc23)c2c1OCO2. The number of nitrogens with zero attached hydrogens (tertiary/aromatic N) is 2. The molecule has 0 spiro atoms. The molecule has 9 heteroatoms. The number of methoxy groups -OCH3 is 3. The van der Waals surface area contributed by atoms with Gasteiger partial charge in [0.05, 0.1) is 41.6 Å². The van der Waals surface area contributed by atoms with Crippen molar-refractivity contribution in [2.75, 3.05) is 40.0 Å². The smallest absolute Gasteiger partial charge is 0.231 e. The number of ether oxygens (including phenoxy) is 5. The summed E-state index contributed by atoms with van der Waals surface area (Å²) in [6.45, 7) is 0.295. The first-order chi connectivity index (χ1) is 15.6. The fourth-order valence-electron chi connectivity index (χ4n) is 3.31. The maximum absolute atomic E-state index is 9.71. The van der Waals surface area contributed by atoms with Gasteiger partial charge >= 0.3 is 0 Å². The number of anilines is 2. The summed E-state index contributed by atoms with van der Waals surface area (Å²) in [5.74, 6) is 7.76. The zero-order chi connectivity index (χ0) is 22.7. The molecule has 2 aromatic carbocycles. The first-order valence-corrected chi connectivity index (χ1v) is 9.80. The number of hydrogen-bond donors (Lipinski definition) is 1. The molecule has 1 aliphatic rings. The van der Waals surface area contributed by atoms with Gasteiger partial charge < -0.3 is 29.0 Å². The van der Waals surface area contributed by atoms with Crippen LogP contribution < -0.4 is 24.3 Å². The van der Waals surface area contributed by atoms with E-state index < -0.39 is 0 Å². The summed E-state index contributed by atoms with van der Waals surface area (Å²) in [5.41, 5.74) is 2.46. The molecule has 2 heterocycles. The second-order valence-electron chi connectivity index (χ2n) is 6.59. The Kier molecular flexibility index (Phi) is 6.09. The molecular formula is C23H18ClN3O5. The van der Waals surface area contributed by atoms with E-state index in [0.29, 0.717) is 61.4 Å². The van der Waals surface area contributed by atoms with E-state index in [2.05, 4.69) is 28.2 Å². The number of nitriles is 1. The van der Waals surface area contributed by atoms with Crippen LogP contribution in [0.15, 0.2) is 24.4 Å². The number of rotatable bonds is 5. The summed E-state index contributed by atoms with van der Waals surface area (Å²) in [5, 5.41) is 14.0. The molecule has 0 atom stereocenters. The van der Waals surface area contributed by atoms with Crippen LogP contribution in [0.25, 0.3) is 10.9 Å². The zero-order valence-electron chi connectivity index (χ0n) is 17.5. The van der Waals surface area contributed by atoms with Crippen LogP contribution in [-0.2, 0) is 4.74 Å². The molecule has 0 fully saturated rings. The second kappa shape index (κ2) is 9.11. The van der Waals surface area contributed by atoms with Crippen molar-refractivity contribution in [3.05, 3.63) is 40.5 Å². The third-order valence-corrected chi connectivity index (χ3v) is 5.08. The highest BCUT2D eigenvalue weighted by molar-refractivity contribution is 6.34. The summed E-state index contributed by atoms with van der Waals surface area (Å²) in [4.78, 5) is 4.37. The predicted molar refractivity (Wildman–Crippen MR) is 119 cm³/mol. The first kappa shape index (κ1) is 21.4. The summed E-state index contributed by atoms with van der Waals surface area (Å²) < 4.78 is 27.1. The van der Waals surface area contributed by atoms with Crippen LogP contribution in [0.1, 0.15) is 11.1 Å². The molecule has 4 rings (SSSR count). The Bertz CT molecular complexity index is 1310. The number of pyridine rings is 1. The fraction of sp³-hybridized carbons (Fsp3) is 0.217. The van der Waals surface area contributed by atoms with Gasteiger partial charge in [-0.2, -0.15) is 5.26 Å². The molecule has 3 aromatic rings. The highest BCUT2D eigenvalue weighted by Gasteiger charge is 2.26. The molecular weight excluding hydrogens is 434 g/mol. The van der Waals surface area contributed by atoms with Crippen LogP contribution in [0.5, 0.6) is 23.0 Å². The molecule has 0 saturated carbocycles. The minimum atomic E-state index is 0.0243. The third-order valence-electron chi connectivity index (χ3n) is 4.78. The highest BCUT2D eigenvalue weighted by Crippen LogP contribution is 2.48. The molecule has 32 heavy (non-hydrogen) atoms. The van der Waals surface area contributed by atoms with E-state index in [0.717, 1.165) is 0 Å². The molecule has 0 bridgehead atoms. The van der Waals surface area contributed by atoms with Crippen molar-refractivity contribution in [3.8, 4) is 40.9 Å². The van der Waals surface area contributed by atoms with Crippen LogP contribution in [0.4, 0.5) is 11.4 Å². The van der Waals surface area contributed by atoms with Crippen molar-refractivity contribution in [2.45, 2.75) is 0 Å². The third kappa shape index (κ3) is 3.78. The highest BCUT2D eigenvalue weighted by atomic mass is 35.5. The van der Waals surface area contributed by atoms with Gasteiger partial charge in [0.2, 0.25) is 6.79 Å². The van der Waals surface area contributed by atoms with E-state index in [1.165, 1.54) is 13.3 Å². The van der Waals surface area contributed by atoms with Gasteiger partial charge in [0.1, 0.15) is 18.4 Å². The van der Waals surface area contributed by atoms with Crippen molar-refractivity contribution < 1.29 is 23.7 Å². The Labute approximate surface area is 189 Å². The summed E-state index contributed by atoms with van der Waals surface area (Å²) in [6, 6.07) is 7.33. The van der Waals surface area contributed by atoms with E-state index in [-0.39, 0.29) is 13.4 Å². The average molecular weight is 452 g/mol. The summed E-state index contributed by atoms with van der Waals surface area (Å²) in [7, 11) is 4.65. The number of benzene rings is 2. The number of aromatic nitrogens is 1. The molecule has 0 saturated heterocycles. The Morgan fingerprint density at radius 2 is 1.81 bits per heavy atom. The van der Waals surface area contributed by atoms with Gasteiger partial charge in [-0.05, 0) is 12.1 Å². The molecule has 0 amide bonds. The normalized spacial score (nSPS) is 11.5. The van der Waals surface area contributed by atoms with Crippen molar-refractivity contribution in [1.29, 1.82) is 5.26 Å². The molecule has 1 aliphatic heterocycles. The molecule has 1 aromatic heterocycles. The summed E-state index contributed by atoms with van der Waals surface area (Å²) >= 11 is 6.59. The van der Waals surface area contributed by atoms with Gasteiger partial charge in [0.15, 0.2) is 23.0 Å². The quantitative estimate of drug-likeness (QED) is 0.575. The predicted octanol–water partition coefficient (Wildman–Crippen LogP) is 4.25. The molecule has 0 unspecified atom stereocenters. The van der Waals surface area contributed by atoms with Gasteiger partial charge in [-0.1, -0.05) is 23.4 Å². The number of fused-ring (bicyclic) bond motifs is 2. The van der Waals surface area contributed by atoms with Crippen molar-refractivity contribution >= 4 is 33.9 Å². The van der Waals surface area contributed by atoms with Gasteiger partial charge in [0, 0.05) is 24.8 Å². The van der Waals surface area contributed by atoms with Gasteiger partial charge in [0.25, 0.3) is 0 Å². The average Bonchev–Trinajstić information content (AvgIpc) is 3.30. The molecule has 8 nitrogen and oxygen atoms in total. The lowest BCUT2D eigenvalue weighted by Gasteiger charge is -2.16.